The number of amides is 1. The molecule has 0 spiro atoms. The van der Waals surface area contributed by atoms with E-state index in [2.05, 4.69) is 5.32 Å². The molecule has 1 N–H and O–H groups in total. The maximum atomic E-state index is 14.3. The largest absolute Gasteiger partial charge is 0.465 e. The summed E-state index contributed by atoms with van der Waals surface area (Å²) in [6, 6.07) is 28.8. The van der Waals surface area contributed by atoms with Gasteiger partial charge >= 0.3 is 5.97 Å². The van der Waals surface area contributed by atoms with Crippen LogP contribution < -0.4 is 10.2 Å². The maximum absolute atomic E-state index is 14.3. The normalized spacial score (nSPS) is 18.1. The van der Waals surface area contributed by atoms with E-state index in [9.17, 15) is 18.8 Å². The molecule has 0 aromatic heterocycles. The van der Waals surface area contributed by atoms with Gasteiger partial charge in [-0.3, -0.25) is 14.5 Å². The average Bonchev–Trinajstić information content (AvgIpc) is 3.16. The third-order valence-electron chi connectivity index (χ3n) is 7.72. The molecule has 41 heavy (non-hydrogen) atoms. The summed E-state index contributed by atoms with van der Waals surface area (Å²) < 4.78 is 18.5. The minimum absolute atomic E-state index is 0.103. The van der Waals surface area contributed by atoms with E-state index in [1.54, 1.807) is 65.6 Å². The third-order valence-corrected chi connectivity index (χ3v) is 7.72. The Balaban J connectivity index is 1.54. The van der Waals surface area contributed by atoms with Crippen LogP contribution in [0.25, 0.3) is 0 Å². The Hall–Kier alpha value is -5.04. The number of benzene rings is 4. The van der Waals surface area contributed by atoms with Crippen molar-refractivity contribution in [3.8, 4) is 0 Å². The van der Waals surface area contributed by atoms with E-state index in [1.165, 1.54) is 19.2 Å². The van der Waals surface area contributed by atoms with Crippen molar-refractivity contribution in [1.82, 2.24) is 0 Å². The number of Topliss-reactive ketones (excluding diaryl/α,β-unsaturated/α-hetero) is 1. The molecule has 0 unspecified atom stereocenters. The number of ketones is 1. The molecule has 4 aromatic carbocycles. The number of hydrogen-bond acceptors (Lipinski definition) is 5. The summed E-state index contributed by atoms with van der Waals surface area (Å²) in [6.45, 7) is 0. The van der Waals surface area contributed by atoms with Crippen molar-refractivity contribution < 1.29 is 23.5 Å². The fraction of sp³-hybridized carbons (Fsp3) is 0.147. The minimum Gasteiger partial charge on any atom is -0.465 e. The molecule has 1 amide bonds. The number of carbonyl (C=O) groups excluding carboxylic acids is 3. The van der Waals surface area contributed by atoms with Gasteiger partial charge in [-0.25, -0.2) is 9.18 Å². The van der Waals surface area contributed by atoms with Gasteiger partial charge in [0, 0.05) is 23.3 Å². The first-order valence-corrected chi connectivity index (χ1v) is 13.4. The summed E-state index contributed by atoms with van der Waals surface area (Å²) in [5, 5.41) is 3.49. The Morgan fingerprint density at radius 2 is 1.46 bits per heavy atom. The summed E-state index contributed by atoms with van der Waals surface area (Å²) in [5.41, 5.74) is 4.95. The number of carbonyl (C=O) groups is 3. The number of nitrogens with zero attached hydrogens (tertiary/aromatic N) is 1. The molecule has 2 aliphatic rings. The fourth-order valence-electron chi connectivity index (χ4n) is 5.74. The second-order valence-electron chi connectivity index (χ2n) is 10.2. The first kappa shape index (κ1) is 26.2. The lowest BCUT2D eigenvalue weighted by Gasteiger charge is -2.35. The van der Waals surface area contributed by atoms with Crippen molar-refractivity contribution in [1.29, 1.82) is 0 Å². The zero-order chi connectivity index (χ0) is 28.5. The van der Waals surface area contributed by atoms with Gasteiger partial charge in [0.2, 0.25) is 0 Å². The quantitative estimate of drug-likeness (QED) is 0.284. The van der Waals surface area contributed by atoms with Crippen LogP contribution in [-0.2, 0) is 9.53 Å². The van der Waals surface area contributed by atoms with Gasteiger partial charge in [0.05, 0.1) is 30.1 Å². The smallest absolute Gasteiger partial charge is 0.337 e. The van der Waals surface area contributed by atoms with Gasteiger partial charge in [-0.2, -0.15) is 0 Å². The molecule has 6 nitrogen and oxygen atoms in total. The number of methoxy groups -OCH3 is 1. The molecule has 1 aliphatic heterocycles. The molecule has 0 radical (unpaired) electrons. The molecular weight excluding hydrogens is 519 g/mol. The molecule has 204 valence electrons. The number of allylic oxidation sites excluding steroid dienone is 1. The van der Waals surface area contributed by atoms with Crippen molar-refractivity contribution >= 4 is 29.0 Å². The number of para-hydroxylation sites is 2. The van der Waals surface area contributed by atoms with E-state index < -0.39 is 12.0 Å². The van der Waals surface area contributed by atoms with E-state index >= 15 is 0 Å². The predicted octanol–water partition coefficient (Wildman–Crippen LogP) is 6.83. The van der Waals surface area contributed by atoms with Crippen LogP contribution in [0.2, 0.25) is 0 Å². The second kappa shape index (κ2) is 10.8. The van der Waals surface area contributed by atoms with Crippen molar-refractivity contribution in [2.24, 2.45) is 0 Å². The van der Waals surface area contributed by atoms with Crippen molar-refractivity contribution in [3.05, 3.63) is 142 Å². The van der Waals surface area contributed by atoms with Gasteiger partial charge in [-0.15, -0.1) is 0 Å². The lowest BCUT2D eigenvalue weighted by atomic mass is 9.78. The van der Waals surface area contributed by atoms with Gasteiger partial charge < -0.3 is 10.1 Å². The highest BCUT2D eigenvalue weighted by Gasteiger charge is 2.42. The highest BCUT2D eigenvalue weighted by molar-refractivity contribution is 6.12. The minimum atomic E-state index is -0.762. The maximum Gasteiger partial charge on any atom is 0.337 e. The summed E-state index contributed by atoms with van der Waals surface area (Å²) in [4.78, 5) is 42.2. The van der Waals surface area contributed by atoms with Crippen LogP contribution in [0.5, 0.6) is 0 Å². The van der Waals surface area contributed by atoms with Gasteiger partial charge in [0.25, 0.3) is 5.91 Å². The Kier molecular flexibility index (Phi) is 6.93. The molecule has 1 aliphatic carbocycles. The number of fused-ring (bicyclic) bond motifs is 1. The molecule has 2 atom stereocenters. The van der Waals surface area contributed by atoms with Crippen LogP contribution in [0.1, 0.15) is 56.6 Å². The van der Waals surface area contributed by atoms with Crippen molar-refractivity contribution in [2.45, 2.75) is 24.8 Å². The Morgan fingerprint density at radius 3 is 2.17 bits per heavy atom. The average molecular weight is 547 g/mol. The van der Waals surface area contributed by atoms with Crippen LogP contribution in [0.4, 0.5) is 15.8 Å². The highest BCUT2D eigenvalue weighted by Crippen LogP contribution is 2.47. The standard InChI is InChI=1S/C34H27FN2O4/c1-41-34(40)24-13-11-22(12-14-24)32-31-28(19-25(20-30(31)38)21-15-17-26(35)18-16-21)36-27-9-5-6-10-29(27)37(32)33(39)23-7-3-2-4-8-23/h2-18,25,32,36H,19-20H2,1H3/t25-,32+/m1/s1. The van der Waals surface area contributed by atoms with E-state index in [1.807, 2.05) is 30.3 Å². The predicted molar refractivity (Wildman–Crippen MR) is 154 cm³/mol. The molecule has 0 saturated carbocycles. The van der Waals surface area contributed by atoms with Crippen LogP contribution in [0, 0.1) is 5.82 Å². The lowest BCUT2D eigenvalue weighted by molar-refractivity contribution is -0.116. The monoisotopic (exact) mass is 546 g/mol. The molecular formula is C34H27FN2O4. The lowest BCUT2D eigenvalue weighted by Crippen LogP contribution is -2.38. The number of ether oxygens (including phenoxy) is 1. The molecule has 6 rings (SSSR count). The van der Waals surface area contributed by atoms with Gasteiger partial charge in [0.1, 0.15) is 5.82 Å². The van der Waals surface area contributed by atoms with Crippen LogP contribution in [0.3, 0.4) is 0 Å². The second-order valence-corrected chi connectivity index (χ2v) is 10.2. The molecule has 7 heteroatoms. The first-order valence-electron chi connectivity index (χ1n) is 13.4. The van der Waals surface area contributed by atoms with Crippen molar-refractivity contribution in [3.63, 3.8) is 0 Å². The van der Waals surface area contributed by atoms with E-state index in [-0.39, 0.29) is 29.8 Å². The first-order chi connectivity index (χ1) is 19.9. The van der Waals surface area contributed by atoms with E-state index in [0.717, 1.165) is 5.56 Å². The molecule has 0 saturated heterocycles. The summed E-state index contributed by atoms with van der Waals surface area (Å²) >= 11 is 0. The third kappa shape index (κ3) is 4.91. The van der Waals surface area contributed by atoms with Gasteiger partial charge in [-0.05, 0) is 72.0 Å². The van der Waals surface area contributed by atoms with Crippen LogP contribution in [-0.4, -0.2) is 24.8 Å². The number of hydrogen-bond donors (Lipinski definition) is 1. The van der Waals surface area contributed by atoms with Crippen molar-refractivity contribution in [2.75, 3.05) is 17.3 Å². The number of anilines is 2. The van der Waals surface area contributed by atoms with Crippen LogP contribution >= 0.6 is 0 Å². The number of rotatable bonds is 4. The molecule has 4 aromatic rings. The number of nitrogens with one attached hydrogen (secondary N) is 1. The van der Waals surface area contributed by atoms with E-state index in [0.29, 0.717) is 45.8 Å². The number of halogens is 1. The summed E-state index contributed by atoms with van der Waals surface area (Å²) in [5.74, 6) is -1.32. The Labute approximate surface area is 237 Å². The fourth-order valence-corrected chi connectivity index (χ4v) is 5.74. The zero-order valence-corrected chi connectivity index (χ0v) is 22.3. The Morgan fingerprint density at radius 1 is 0.805 bits per heavy atom. The molecule has 0 fully saturated rings. The van der Waals surface area contributed by atoms with Gasteiger partial charge in [-0.1, -0.05) is 54.6 Å². The molecule has 0 bridgehead atoms. The molecule has 1 heterocycles. The Bertz CT molecular complexity index is 1660. The van der Waals surface area contributed by atoms with E-state index in [4.69, 9.17) is 4.74 Å². The summed E-state index contributed by atoms with van der Waals surface area (Å²) in [6.07, 6.45) is 0.720. The SMILES string of the molecule is COC(=O)c1ccc([C@H]2C3=C(C[C@@H](c4ccc(F)cc4)CC3=O)Nc3ccccc3N2C(=O)c2ccccc2)cc1. The zero-order valence-electron chi connectivity index (χ0n) is 22.3. The summed E-state index contributed by atoms with van der Waals surface area (Å²) in [7, 11) is 1.32. The van der Waals surface area contributed by atoms with Gasteiger partial charge in [0.15, 0.2) is 5.78 Å². The van der Waals surface area contributed by atoms with Crippen LogP contribution in [0.15, 0.2) is 114 Å². The number of esters is 1. The highest BCUT2D eigenvalue weighted by atomic mass is 19.1. The topological polar surface area (TPSA) is 75.7 Å².